The van der Waals surface area contributed by atoms with E-state index in [9.17, 15) is 10.3 Å². The lowest BCUT2D eigenvalue weighted by Crippen LogP contribution is -2.34. The molecule has 0 aliphatic rings. The van der Waals surface area contributed by atoms with Crippen molar-refractivity contribution in [3.63, 3.8) is 0 Å². The summed E-state index contributed by atoms with van der Waals surface area (Å²) in [5.41, 5.74) is 0. The van der Waals surface area contributed by atoms with Gasteiger partial charge in [-0.2, -0.15) is 0 Å². The Hall–Kier alpha value is -2.70. The Morgan fingerprint density at radius 1 is 0.433 bits per heavy atom. The summed E-state index contributed by atoms with van der Waals surface area (Å²) >= 11 is 0. The van der Waals surface area contributed by atoms with Crippen LogP contribution in [0.25, 0.3) is 0 Å². The second kappa shape index (κ2) is 8.58. The molecule has 0 radical (unpaired) electrons. The van der Waals surface area contributed by atoms with Gasteiger partial charge < -0.3 is 0 Å². The lowest BCUT2D eigenvalue weighted by Gasteiger charge is -2.41. The average Bonchev–Trinajstić information content (AvgIpc) is 2.84. The van der Waals surface area contributed by atoms with Crippen molar-refractivity contribution >= 4 is 35.6 Å². The number of hydrogen-bond acceptors (Lipinski definition) is 2. The van der Waals surface area contributed by atoms with Gasteiger partial charge in [0.25, 0.3) is 0 Å². The minimum Gasteiger partial charge on any atom is -0.294 e. The topological polar surface area (TPSA) is 50.9 Å². The number of hydrogen-bond donors (Lipinski definition) is 2. The van der Waals surface area contributed by atoms with Crippen molar-refractivity contribution in [3.05, 3.63) is 121 Å². The molecule has 0 spiro atoms. The van der Waals surface area contributed by atoms with E-state index in [0.29, 0.717) is 0 Å². The summed E-state index contributed by atoms with van der Waals surface area (Å²) < 4.78 is 2.08. The van der Waals surface area contributed by atoms with Crippen LogP contribution in [0.4, 0.5) is 0 Å². The molecule has 0 amide bonds. The van der Waals surface area contributed by atoms with Gasteiger partial charge in [-0.05, 0) is 7.05 Å². The summed E-state index contributed by atoms with van der Waals surface area (Å²) in [5, 5.41) is 23.7. The third-order valence-electron chi connectivity index (χ3n) is 5.39. The maximum Gasteiger partial charge on any atom is 0.0902 e. The van der Waals surface area contributed by atoms with E-state index in [2.05, 4.69) is 4.44 Å². The predicted octanol–water partition coefficient (Wildman–Crippen LogP) is 5.61. The smallest absolute Gasteiger partial charge is 0.0902 e. The van der Waals surface area contributed by atoms with Crippen molar-refractivity contribution in [2.24, 2.45) is 0 Å². The van der Waals surface area contributed by atoms with Crippen LogP contribution >= 0.6 is 14.4 Å². The Kier molecular flexibility index (Phi) is 5.88. The van der Waals surface area contributed by atoms with Gasteiger partial charge in [-0.1, -0.05) is 121 Å². The summed E-state index contributed by atoms with van der Waals surface area (Å²) in [4.78, 5) is 0. The minimum atomic E-state index is -2.77. The molecule has 0 aromatic heterocycles. The fraction of sp³-hybridized carbons (Fsp3) is 0.0400. The summed E-state index contributed by atoms with van der Waals surface area (Å²) in [6.07, 6.45) is 0. The SMILES string of the molecule is CN(P(=N)(c1ccccc1)c1ccccc1)P(=N)(c1ccccc1)c1ccccc1. The third-order valence-corrected chi connectivity index (χ3v) is 12.9. The van der Waals surface area contributed by atoms with Crippen LogP contribution in [-0.2, 0) is 0 Å². The fourth-order valence-corrected chi connectivity index (χ4v) is 10.9. The molecule has 0 saturated heterocycles. The van der Waals surface area contributed by atoms with E-state index in [1.54, 1.807) is 0 Å². The van der Waals surface area contributed by atoms with E-state index in [-0.39, 0.29) is 0 Å². The van der Waals surface area contributed by atoms with Crippen molar-refractivity contribution in [2.45, 2.75) is 0 Å². The first-order valence-corrected chi connectivity index (χ1v) is 13.3. The molecule has 0 heterocycles. The van der Waals surface area contributed by atoms with Crippen LogP contribution in [0.5, 0.6) is 0 Å². The van der Waals surface area contributed by atoms with Gasteiger partial charge in [-0.15, -0.1) is 0 Å². The highest BCUT2D eigenvalue weighted by atomic mass is 31.2. The number of nitrogens with one attached hydrogen (secondary N) is 2. The molecule has 0 bridgehead atoms. The quantitative estimate of drug-likeness (QED) is 0.385. The molecular formula is C25H25N3P2. The first-order valence-electron chi connectivity index (χ1n) is 9.83. The molecule has 4 rings (SSSR count). The molecule has 4 aromatic carbocycles. The highest BCUT2D eigenvalue weighted by Gasteiger charge is 2.38. The van der Waals surface area contributed by atoms with Crippen molar-refractivity contribution < 1.29 is 0 Å². The zero-order chi connectivity index (χ0) is 21.0. The Labute approximate surface area is 178 Å². The van der Waals surface area contributed by atoms with Crippen LogP contribution in [0, 0.1) is 10.3 Å². The zero-order valence-electron chi connectivity index (χ0n) is 16.9. The van der Waals surface area contributed by atoms with Crippen molar-refractivity contribution in [1.29, 1.82) is 10.3 Å². The Balaban J connectivity index is 2.01. The fourth-order valence-electron chi connectivity index (χ4n) is 3.74. The Morgan fingerprint density at radius 3 is 0.833 bits per heavy atom. The summed E-state index contributed by atoms with van der Waals surface area (Å²) in [6, 6.07) is 40.1. The monoisotopic (exact) mass is 429 g/mol. The summed E-state index contributed by atoms with van der Waals surface area (Å²) in [5.74, 6) is 0. The molecular weight excluding hydrogens is 404 g/mol. The molecule has 0 aliphatic heterocycles. The van der Waals surface area contributed by atoms with E-state index in [0.717, 1.165) is 21.2 Å². The van der Waals surface area contributed by atoms with Crippen LogP contribution in [0.15, 0.2) is 121 Å². The number of benzene rings is 4. The highest BCUT2D eigenvalue weighted by Crippen LogP contribution is 2.63. The number of nitrogens with zero attached hydrogens (tertiary/aromatic N) is 1. The van der Waals surface area contributed by atoms with Gasteiger partial charge in [-0.3, -0.25) is 10.3 Å². The lowest BCUT2D eigenvalue weighted by atomic mass is 10.4. The molecule has 0 unspecified atom stereocenters. The highest BCUT2D eigenvalue weighted by molar-refractivity contribution is 7.91. The first kappa shape index (κ1) is 20.6. The molecule has 0 fully saturated rings. The van der Waals surface area contributed by atoms with Crippen LogP contribution in [0.1, 0.15) is 0 Å². The predicted molar refractivity (Wildman–Crippen MR) is 131 cm³/mol. The molecule has 3 nitrogen and oxygen atoms in total. The van der Waals surface area contributed by atoms with Crippen LogP contribution < -0.4 is 21.2 Å². The third kappa shape index (κ3) is 3.50. The van der Waals surface area contributed by atoms with Gasteiger partial charge in [0.1, 0.15) is 0 Å². The van der Waals surface area contributed by atoms with Crippen LogP contribution in [-0.4, -0.2) is 11.5 Å². The van der Waals surface area contributed by atoms with E-state index in [1.807, 2.05) is 128 Å². The molecule has 0 aliphatic carbocycles. The van der Waals surface area contributed by atoms with Gasteiger partial charge in [0.15, 0.2) is 0 Å². The second-order valence-corrected chi connectivity index (χ2v) is 13.2. The van der Waals surface area contributed by atoms with Crippen LogP contribution in [0.3, 0.4) is 0 Å². The second-order valence-electron chi connectivity index (χ2n) is 7.10. The van der Waals surface area contributed by atoms with Gasteiger partial charge in [0.05, 0.1) is 14.4 Å². The van der Waals surface area contributed by atoms with Crippen LogP contribution in [0.2, 0.25) is 0 Å². The number of rotatable bonds is 6. The van der Waals surface area contributed by atoms with Gasteiger partial charge in [0.2, 0.25) is 0 Å². The van der Waals surface area contributed by atoms with Crippen molar-refractivity contribution in [2.75, 3.05) is 7.05 Å². The summed E-state index contributed by atoms with van der Waals surface area (Å²) in [6.45, 7) is 0. The normalized spacial score (nSPS) is 12.1. The maximum absolute atomic E-state index is 9.91. The van der Waals surface area contributed by atoms with E-state index in [1.165, 1.54) is 0 Å². The van der Waals surface area contributed by atoms with E-state index < -0.39 is 14.4 Å². The average molecular weight is 429 g/mol. The molecule has 0 atom stereocenters. The maximum atomic E-state index is 9.91. The Bertz CT molecular complexity index is 1010. The van der Waals surface area contributed by atoms with Gasteiger partial charge >= 0.3 is 0 Å². The standard InChI is InChI=1S/C25H25N3P2/c1-28(29(26,22-14-6-2-7-15-22)23-16-8-3-9-17-23)30(27,24-18-10-4-11-19-24)25-20-12-5-13-21-25/h2-21,26-27H,1H3. The molecule has 150 valence electrons. The molecule has 2 N–H and O–H groups in total. The molecule has 30 heavy (non-hydrogen) atoms. The van der Waals surface area contributed by atoms with Gasteiger partial charge in [0, 0.05) is 21.2 Å². The summed E-state index contributed by atoms with van der Waals surface area (Å²) in [7, 11) is -3.57. The molecule has 4 aromatic rings. The Morgan fingerprint density at radius 2 is 0.633 bits per heavy atom. The largest absolute Gasteiger partial charge is 0.294 e. The molecule has 0 saturated carbocycles. The minimum absolute atomic E-state index is 0.960. The van der Waals surface area contributed by atoms with Crippen molar-refractivity contribution in [1.82, 2.24) is 4.44 Å². The molecule has 5 heteroatoms. The first-order chi connectivity index (χ1) is 14.6. The van der Waals surface area contributed by atoms with E-state index in [4.69, 9.17) is 0 Å². The van der Waals surface area contributed by atoms with Crippen molar-refractivity contribution in [3.8, 4) is 0 Å². The zero-order valence-corrected chi connectivity index (χ0v) is 18.7. The lowest BCUT2D eigenvalue weighted by molar-refractivity contribution is 0.879. The van der Waals surface area contributed by atoms with E-state index >= 15 is 0 Å². The van der Waals surface area contributed by atoms with Gasteiger partial charge in [-0.25, -0.2) is 4.44 Å².